The molecule has 1 aliphatic carbocycles. The van der Waals surface area contributed by atoms with Gasteiger partial charge in [-0.2, -0.15) is 5.10 Å². The molecule has 0 aliphatic heterocycles. The van der Waals surface area contributed by atoms with Crippen LogP contribution >= 0.6 is 11.6 Å². The summed E-state index contributed by atoms with van der Waals surface area (Å²) in [6.07, 6.45) is 3.56. The Labute approximate surface area is 107 Å². The third-order valence-corrected chi connectivity index (χ3v) is 4.19. The molecule has 4 nitrogen and oxygen atoms in total. The smallest absolute Gasteiger partial charge is 0.0860 e. The normalized spacial score (nSPS) is 18.1. The summed E-state index contributed by atoms with van der Waals surface area (Å²) < 4.78 is 7.40. The summed E-state index contributed by atoms with van der Waals surface area (Å²) in [7, 11) is 3.72. The molecule has 17 heavy (non-hydrogen) atoms. The van der Waals surface area contributed by atoms with E-state index < -0.39 is 0 Å². The summed E-state index contributed by atoms with van der Waals surface area (Å²) in [5, 5.41) is 8.48. The van der Waals surface area contributed by atoms with E-state index in [1.165, 1.54) is 6.42 Å². The van der Waals surface area contributed by atoms with E-state index in [4.69, 9.17) is 16.3 Å². The maximum Gasteiger partial charge on any atom is 0.0860 e. The number of methoxy groups -OCH3 is 1. The molecular weight excluding hydrogens is 238 g/mol. The molecule has 1 fully saturated rings. The molecule has 1 N–H and O–H groups in total. The molecule has 1 heterocycles. The number of halogens is 1. The van der Waals surface area contributed by atoms with Gasteiger partial charge in [0.15, 0.2) is 0 Å². The Balaban J connectivity index is 1.90. The molecule has 1 aliphatic rings. The maximum absolute atomic E-state index is 6.19. The lowest BCUT2D eigenvalue weighted by molar-refractivity contribution is -0.0696. The van der Waals surface area contributed by atoms with E-state index in [1.807, 2.05) is 18.7 Å². The van der Waals surface area contributed by atoms with Crippen LogP contribution in [0.5, 0.6) is 0 Å². The van der Waals surface area contributed by atoms with Gasteiger partial charge in [-0.3, -0.25) is 4.68 Å². The number of nitrogens with one attached hydrogen (secondary N) is 1. The Morgan fingerprint density at radius 3 is 2.65 bits per heavy atom. The second-order valence-electron chi connectivity index (χ2n) is 4.81. The number of hydrogen-bond donors (Lipinski definition) is 1. The lowest BCUT2D eigenvalue weighted by Gasteiger charge is -2.40. The minimum absolute atomic E-state index is 0.0557. The predicted octanol–water partition coefficient (Wildman–Crippen LogP) is 2.04. The summed E-state index contributed by atoms with van der Waals surface area (Å²) in [4.78, 5) is 0. The molecule has 0 atom stereocenters. The Morgan fingerprint density at radius 2 is 2.24 bits per heavy atom. The van der Waals surface area contributed by atoms with Crippen molar-refractivity contribution < 1.29 is 4.74 Å². The Hall–Kier alpha value is -0.580. The first-order valence-electron chi connectivity index (χ1n) is 6.02. The zero-order chi connectivity index (χ0) is 12.5. The van der Waals surface area contributed by atoms with E-state index in [1.54, 1.807) is 7.11 Å². The van der Waals surface area contributed by atoms with E-state index in [0.29, 0.717) is 0 Å². The number of rotatable bonds is 5. The summed E-state index contributed by atoms with van der Waals surface area (Å²) in [6, 6.07) is 0. The largest absolute Gasteiger partial charge is 0.377 e. The van der Waals surface area contributed by atoms with Crippen molar-refractivity contribution >= 4 is 11.6 Å². The minimum Gasteiger partial charge on any atom is -0.377 e. The molecule has 0 amide bonds. The van der Waals surface area contributed by atoms with Gasteiger partial charge in [-0.05, 0) is 26.2 Å². The van der Waals surface area contributed by atoms with Crippen molar-refractivity contribution in [1.82, 2.24) is 15.1 Å². The van der Waals surface area contributed by atoms with Crippen LogP contribution in [0.1, 0.15) is 30.7 Å². The fraction of sp³-hybridized carbons (Fsp3) is 0.750. The van der Waals surface area contributed by atoms with Gasteiger partial charge in [0.05, 0.1) is 22.0 Å². The maximum atomic E-state index is 6.19. The van der Waals surface area contributed by atoms with Gasteiger partial charge >= 0.3 is 0 Å². The highest BCUT2D eigenvalue weighted by Crippen LogP contribution is 2.34. The fourth-order valence-corrected chi connectivity index (χ4v) is 2.53. The van der Waals surface area contributed by atoms with Crippen molar-refractivity contribution in [2.75, 3.05) is 13.7 Å². The number of nitrogens with zero attached hydrogens (tertiary/aromatic N) is 2. The minimum atomic E-state index is 0.0557. The van der Waals surface area contributed by atoms with Crippen molar-refractivity contribution in [1.29, 1.82) is 0 Å². The summed E-state index contributed by atoms with van der Waals surface area (Å²) in [5.74, 6) is 0. The van der Waals surface area contributed by atoms with Crippen molar-refractivity contribution in [2.24, 2.45) is 7.05 Å². The monoisotopic (exact) mass is 257 g/mol. The topological polar surface area (TPSA) is 39.1 Å². The van der Waals surface area contributed by atoms with Crippen LogP contribution in [0.15, 0.2) is 0 Å². The average Bonchev–Trinajstić information content (AvgIpc) is 2.48. The molecule has 5 heteroatoms. The highest BCUT2D eigenvalue weighted by molar-refractivity contribution is 6.31. The van der Waals surface area contributed by atoms with Crippen LogP contribution in [0.25, 0.3) is 0 Å². The van der Waals surface area contributed by atoms with Gasteiger partial charge in [-0.15, -0.1) is 0 Å². The first-order valence-corrected chi connectivity index (χ1v) is 6.40. The molecule has 1 saturated carbocycles. The van der Waals surface area contributed by atoms with E-state index in [0.717, 1.165) is 42.3 Å². The second kappa shape index (κ2) is 4.96. The lowest BCUT2D eigenvalue weighted by atomic mass is 9.80. The SMILES string of the molecule is COC1(CNCc2c(Cl)c(C)nn2C)CCC1. The number of hydrogen-bond acceptors (Lipinski definition) is 3. The van der Waals surface area contributed by atoms with Crippen molar-refractivity contribution in [2.45, 2.75) is 38.3 Å². The molecule has 1 aromatic heterocycles. The Kier molecular flexibility index (Phi) is 3.76. The molecule has 0 spiro atoms. The van der Waals surface area contributed by atoms with Crippen molar-refractivity contribution in [3.8, 4) is 0 Å². The van der Waals surface area contributed by atoms with Gasteiger partial charge in [-0.25, -0.2) is 0 Å². The standard InChI is InChI=1S/C12H20ClN3O/c1-9-11(13)10(16(2)15-9)7-14-8-12(17-3)5-4-6-12/h14H,4-8H2,1-3H3. The molecule has 0 saturated heterocycles. The summed E-state index contributed by atoms with van der Waals surface area (Å²) >= 11 is 6.19. The van der Waals surface area contributed by atoms with Gasteiger partial charge in [0.25, 0.3) is 0 Å². The van der Waals surface area contributed by atoms with Crippen LogP contribution in [0.2, 0.25) is 5.02 Å². The molecule has 0 aromatic carbocycles. The summed E-state index contributed by atoms with van der Waals surface area (Å²) in [5.41, 5.74) is 1.98. The average molecular weight is 258 g/mol. The third kappa shape index (κ3) is 2.49. The van der Waals surface area contributed by atoms with Gasteiger partial charge in [0, 0.05) is 27.2 Å². The van der Waals surface area contributed by atoms with Crippen LogP contribution < -0.4 is 5.32 Å². The highest BCUT2D eigenvalue weighted by Gasteiger charge is 2.36. The van der Waals surface area contributed by atoms with Gasteiger partial charge < -0.3 is 10.1 Å². The van der Waals surface area contributed by atoms with Crippen LogP contribution in [0, 0.1) is 6.92 Å². The zero-order valence-corrected chi connectivity index (χ0v) is 11.5. The van der Waals surface area contributed by atoms with Crippen LogP contribution in [-0.4, -0.2) is 29.0 Å². The molecular formula is C12H20ClN3O. The Morgan fingerprint density at radius 1 is 1.53 bits per heavy atom. The van der Waals surface area contributed by atoms with Gasteiger partial charge in [-0.1, -0.05) is 11.6 Å². The molecule has 0 unspecified atom stereocenters. The van der Waals surface area contributed by atoms with E-state index in [2.05, 4.69) is 10.4 Å². The van der Waals surface area contributed by atoms with Crippen LogP contribution in [0.3, 0.4) is 0 Å². The third-order valence-electron chi connectivity index (χ3n) is 3.70. The fourth-order valence-electron chi connectivity index (χ4n) is 2.31. The van der Waals surface area contributed by atoms with Crippen LogP contribution in [0.4, 0.5) is 0 Å². The highest BCUT2D eigenvalue weighted by atomic mass is 35.5. The predicted molar refractivity (Wildman–Crippen MR) is 68.3 cm³/mol. The first kappa shape index (κ1) is 12.9. The molecule has 2 rings (SSSR count). The molecule has 0 radical (unpaired) electrons. The van der Waals surface area contributed by atoms with E-state index in [-0.39, 0.29) is 5.60 Å². The van der Waals surface area contributed by atoms with Gasteiger partial charge in [0.1, 0.15) is 0 Å². The Bertz CT molecular complexity index is 393. The quantitative estimate of drug-likeness (QED) is 0.878. The van der Waals surface area contributed by atoms with Crippen molar-refractivity contribution in [3.63, 3.8) is 0 Å². The second-order valence-corrected chi connectivity index (χ2v) is 5.19. The number of aryl methyl sites for hydroxylation is 2. The van der Waals surface area contributed by atoms with Crippen molar-refractivity contribution in [3.05, 3.63) is 16.4 Å². The number of aromatic nitrogens is 2. The molecule has 0 bridgehead atoms. The zero-order valence-electron chi connectivity index (χ0n) is 10.7. The van der Waals surface area contributed by atoms with E-state index >= 15 is 0 Å². The lowest BCUT2D eigenvalue weighted by Crippen LogP contribution is -2.47. The summed E-state index contributed by atoms with van der Waals surface area (Å²) in [6.45, 7) is 3.54. The number of ether oxygens (including phenoxy) is 1. The molecule has 1 aromatic rings. The first-order chi connectivity index (χ1) is 8.08. The van der Waals surface area contributed by atoms with Crippen LogP contribution in [-0.2, 0) is 18.3 Å². The van der Waals surface area contributed by atoms with Gasteiger partial charge in [0.2, 0.25) is 0 Å². The van der Waals surface area contributed by atoms with E-state index in [9.17, 15) is 0 Å². The molecule has 96 valence electrons.